The summed E-state index contributed by atoms with van der Waals surface area (Å²) in [7, 11) is 0. The maximum atomic E-state index is 13.7. The molecule has 0 spiro atoms. The summed E-state index contributed by atoms with van der Waals surface area (Å²) in [6, 6.07) is 17.6. The number of hydrogen-bond acceptors (Lipinski definition) is 5. The predicted molar refractivity (Wildman–Crippen MR) is 139 cm³/mol. The summed E-state index contributed by atoms with van der Waals surface area (Å²) in [6.07, 6.45) is 0. The molecule has 2 heterocycles. The van der Waals surface area contributed by atoms with Crippen LogP contribution in [0.5, 0.6) is 0 Å². The van der Waals surface area contributed by atoms with Crippen molar-refractivity contribution >= 4 is 23.2 Å². The Labute approximate surface area is 215 Å². The van der Waals surface area contributed by atoms with Gasteiger partial charge < -0.3 is 14.5 Å². The number of hydrogen-bond donors (Lipinski definition) is 0. The highest BCUT2D eigenvalue weighted by molar-refractivity contribution is 7.09. The maximum Gasteiger partial charge on any atom is 0.254 e. The van der Waals surface area contributed by atoms with Gasteiger partial charge in [-0.15, -0.1) is 11.3 Å². The van der Waals surface area contributed by atoms with Crippen molar-refractivity contribution in [2.75, 3.05) is 45.9 Å². The summed E-state index contributed by atoms with van der Waals surface area (Å²) < 4.78 is 18.9. The lowest BCUT2D eigenvalue weighted by Crippen LogP contribution is -2.47. The number of carbonyl (C=O) groups excluding carboxylic acids is 2. The zero-order valence-corrected chi connectivity index (χ0v) is 21.4. The lowest BCUT2D eigenvalue weighted by molar-refractivity contribution is -0.133. The fraction of sp³-hybridized carbons (Fsp3) is 0.357. The highest BCUT2D eigenvalue weighted by atomic mass is 32.1. The summed E-state index contributed by atoms with van der Waals surface area (Å²) in [5.41, 5.74) is 2.33. The number of morpholine rings is 1. The van der Waals surface area contributed by atoms with Crippen molar-refractivity contribution in [1.29, 1.82) is 0 Å². The lowest BCUT2D eigenvalue weighted by Gasteiger charge is -2.31. The van der Waals surface area contributed by atoms with Gasteiger partial charge in [-0.05, 0) is 47.7 Å². The summed E-state index contributed by atoms with van der Waals surface area (Å²) in [5.74, 6) is -0.600. The van der Waals surface area contributed by atoms with E-state index in [0.29, 0.717) is 45.0 Å². The molecule has 1 aromatic heterocycles. The first-order chi connectivity index (χ1) is 17.5. The monoisotopic (exact) mass is 509 g/mol. The van der Waals surface area contributed by atoms with Gasteiger partial charge in [0.1, 0.15) is 12.4 Å². The van der Waals surface area contributed by atoms with Crippen LogP contribution in [0.2, 0.25) is 0 Å². The molecule has 6 nitrogen and oxygen atoms in total. The van der Waals surface area contributed by atoms with E-state index in [0.717, 1.165) is 29.1 Å². The zero-order valence-electron chi connectivity index (χ0n) is 20.6. The Bertz CT molecular complexity index is 1130. The quantitative estimate of drug-likeness (QED) is 0.411. The van der Waals surface area contributed by atoms with E-state index in [9.17, 15) is 14.0 Å². The second-order valence-corrected chi connectivity index (χ2v) is 9.98. The zero-order chi connectivity index (χ0) is 25.3. The number of aryl methyl sites for hydroxylation is 1. The van der Waals surface area contributed by atoms with Gasteiger partial charge >= 0.3 is 0 Å². The van der Waals surface area contributed by atoms with Gasteiger partial charge in [0, 0.05) is 43.2 Å². The van der Waals surface area contributed by atoms with Crippen LogP contribution in [-0.2, 0) is 22.6 Å². The van der Waals surface area contributed by atoms with Crippen molar-refractivity contribution in [3.8, 4) is 0 Å². The number of ether oxygens (including phenoxy) is 1. The Balaban J connectivity index is 1.53. The second-order valence-electron chi connectivity index (χ2n) is 8.95. The van der Waals surface area contributed by atoms with Crippen LogP contribution < -0.4 is 0 Å². The van der Waals surface area contributed by atoms with Crippen LogP contribution in [0.3, 0.4) is 0 Å². The molecular weight excluding hydrogens is 477 g/mol. The molecule has 0 bridgehead atoms. The number of benzene rings is 2. The fourth-order valence-electron chi connectivity index (χ4n) is 4.22. The number of nitrogens with zero attached hydrogens (tertiary/aromatic N) is 3. The van der Waals surface area contributed by atoms with E-state index in [-0.39, 0.29) is 24.2 Å². The Morgan fingerprint density at radius 1 is 0.972 bits per heavy atom. The first-order valence-corrected chi connectivity index (χ1v) is 13.1. The van der Waals surface area contributed by atoms with E-state index in [4.69, 9.17) is 4.74 Å². The first kappa shape index (κ1) is 26.0. The average molecular weight is 510 g/mol. The normalized spacial score (nSPS) is 13.9. The first-order valence-electron chi connectivity index (χ1n) is 12.2. The number of thiophene rings is 1. The van der Waals surface area contributed by atoms with Crippen LogP contribution in [0, 0.1) is 12.7 Å². The second kappa shape index (κ2) is 12.8. The van der Waals surface area contributed by atoms with Gasteiger partial charge in [0.2, 0.25) is 5.91 Å². The fourth-order valence-corrected chi connectivity index (χ4v) is 4.94. The third kappa shape index (κ3) is 7.22. The number of carbonyl (C=O) groups is 2. The third-order valence-electron chi connectivity index (χ3n) is 6.34. The molecule has 1 fully saturated rings. The van der Waals surface area contributed by atoms with E-state index < -0.39 is 0 Å². The molecule has 1 aliphatic rings. The molecule has 8 heteroatoms. The van der Waals surface area contributed by atoms with Crippen molar-refractivity contribution in [3.63, 3.8) is 0 Å². The molecule has 2 aromatic carbocycles. The molecule has 36 heavy (non-hydrogen) atoms. The summed E-state index contributed by atoms with van der Waals surface area (Å²) in [5, 5.41) is 1.98. The lowest BCUT2D eigenvalue weighted by atomic mass is 10.1. The molecule has 0 saturated carbocycles. The van der Waals surface area contributed by atoms with Crippen molar-refractivity contribution in [3.05, 3.63) is 93.4 Å². The van der Waals surface area contributed by atoms with E-state index in [2.05, 4.69) is 4.90 Å². The Hall–Kier alpha value is -3.07. The predicted octanol–water partition coefficient (Wildman–Crippen LogP) is 4.20. The van der Waals surface area contributed by atoms with Crippen molar-refractivity contribution < 1.29 is 18.7 Å². The standard InChI is InChI=1S/C28H32FN3O3S/c1-22-5-2-3-7-26(22)28(34)31(13-12-30-14-16-35-17-15-30)21-27(33)32(20-25-6-4-18-36-25)19-23-8-10-24(29)11-9-23/h2-11,18H,12-17,19-21H2,1H3. The topological polar surface area (TPSA) is 53.1 Å². The Morgan fingerprint density at radius 3 is 2.42 bits per heavy atom. The molecule has 0 atom stereocenters. The van der Waals surface area contributed by atoms with Gasteiger partial charge in [0.15, 0.2) is 0 Å². The van der Waals surface area contributed by atoms with Crippen molar-refractivity contribution in [1.82, 2.24) is 14.7 Å². The minimum atomic E-state index is -0.312. The summed E-state index contributed by atoms with van der Waals surface area (Å²) in [4.78, 5) is 33.9. The Kier molecular flexibility index (Phi) is 9.22. The molecular formula is C28H32FN3O3S. The van der Waals surface area contributed by atoms with Crippen molar-refractivity contribution in [2.24, 2.45) is 0 Å². The smallest absolute Gasteiger partial charge is 0.254 e. The molecule has 0 aliphatic carbocycles. The summed E-state index contributed by atoms with van der Waals surface area (Å²) >= 11 is 1.58. The molecule has 3 aromatic rings. The molecule has 0 unspecified atom stereocenters. The molecule has 1 saturated heterocycles. The molecule has 2 amide bonds. The van der Waals surface area contributed by atoms with Gasteiger partial charge in [0.05, 0.1) is 19.8 Å². The average Bonchev–Trinajstić information content (AvgIpc) is 3.41. The Morgan fingerprint density at radius 2 is 1.72 bits per heavy atom. The molecule has 1 aliphatic heterocycles. The van der Waals surface area contributed by atoms with Gasteiger partial charge in [-0.25, -0.2) is 4.39 Å². The highest BCUT2D eigenvalue weighted by Gasteiger charge is 2.25. The van der Waals surface area contributed by atoms with Crippen molar-refractivity contribution in [2.45, 2.75) is 20.0 Å². The minimum Gasteiger partial charge on any atom is -0.379 e. The van der Waals surface area contributed by atoms with Crippen LogP contribution in [0.4, 0.5) is 4.39 Å². The van der Waals surface area contributed by atoms with Gasteiger partial charge in [-0.2, -0.15) is 0 Å². The largest absolute Gasteiger partial charge is 0.379 e. The van der Waals surface area contributed by atoms with Gasteiger partial charge in [-0.1, -0.05) is 36.4 Å². The van der Waals surface area contributed by atoms with Crippen LogP contribution >= 0.6 is 11.3 Å². The third-order valence-corrected chi connectivity index (χ3v) is 7.21. The van der Waals surface area contributed by atoms with Gasteiger partial charge in [0.25, 0.3) is 5.91 Å². The number of halogens is 1. The molecule has 0 radical (unpaired) electrons. The highest BCUT2D eigenvalue weighted by Crippen LogP contribution is 2.17. The number of rotatable bonds is 10. The summed E-state index contributed by atoms with van der Waals surface area (Å²) in [6.45, 7) is 6.77. The van der Waals surface area contributed by atoms with Crippen LogP contribution in [0.25, 0.3) is 0 Å². The van der Waals surface area contributed by atoms with Gasteiger partial charge in [-0.3, -0.25) is 14.5 Å². The molecule has 4 rings (SSSR count). The van der Waals surface area contributed by atoms with Crippen LogP contribution in [0.1, 0.15) is 26.4 Å². The number of amides is 2. The maximum absolute atomic E-state index is 13.7. The SMILES string of the molecule is Cc1ccccc1C(=O)N(CCN1CCOCC1)CC(=O)N(Cc1ccc(F)cc1)Cc1cccs1. The molecule has 0 N–H and O–H groups in total. The van der Waals surface area contributed by atoms with Crippen LogP contribution in [0.15, 0.2) is 66.0 Å². The van der Waals surface area contributed by atoms with E-state index in [1.54, 1.807) is 33.3 Å². The van der Waals surface area contributed by atoms with Crippen LogP contribution in [-0.4, -0.2) is 72.5 Å². The molecule has 190 valence electrons. The van der Waals surface area contributed by atoms with E-state index in [1.807, 2.05) is 48.7 Å². The van der Waals surface area contributed by atoms with E-state index >= 15 is 0 Å². The van der Waals surface area contributed by atoms with E-state index in [1.165, 1.54) is 12.1 Å². The minimum absolute atomic E-state index is 0.0237.